The van der Waals surface area contributed by atoms with Crippen LogP contribution >= 0.6 is 0 Å². The first kappa shape index (κ1) is 13.5. The maximum absolute atomic E-state index is 13.0. The van der Waals surface area contributed by atoms with Crippen LogP contribution in [0.5, 0.6) is 0 Å². The molecule has 1 atom stereocenters. The molecule has 1 aromatic carbocycles. The minimum atomic E-state index is -0.182. The van der Waals surface area contributed by atoms with E-state index in [1.165, 1.54) is 37.8 Å². The summed E-state index contributed by atoms with van der Waals surface area (Å²) in [6.45, 7) is 3.78. The average molecular weight is 250 g/mol. The second kappa shape index (κ2) is 6.30. The molecule has 0 bridgehead atoms. The van der Waals surface area contributed by atoms with Gasteiger partial charge in [0.25, 0.3) is 0 Å². The number of hydrogen-bond acceptors (Lipinski definition) is 2. The van der Waals surface area contributed by atoms with Crippen LogP contribution in [-0.2, 0) is 0 Å². The summed E-state index contributed by atoms with van der Waals surface area (Å²) in [5, 5.41) is 0. The molecular formula is C15H23FN2. The maximum Gasteiger partial charge on any atom is 0.123 e. The van der Waals surface area contributed by atoms with E-state index in [1.54, 1.807) is 0 Å². The van der Waals surface area contributed by atoms with Crippen LogP contribution in [0.15, 0.2) is 24.3 Å². The van der Waals surface area contributed by atoms with Crippen LogP contribution in [0.2, 0.25) is 0 Å². The first-order valence-electron chi connectivity index (χ1n) is 6.97. The Morgan fingerprint density at radius 1 is 1.28 bits per heavy atom. The van der Waals surface area contributed by atoms with Gasteiger partial charge in [0.1, 0.15) is 5.82 Å². The number of benzene rings is 1. The van der Waals surface area contributed by atoms with Crippen LogP contribution in [0.4, 0.5) is 4.39 Å². The van der Waals surface area contributed by atoms with Crippen molar-refractivity contribution in [1.29, 1.82) is 0 Å². The fourth-order valence-electron chi connectivity index (χ4n) is 3.12. The van der Waals surface area contributed by atoms with Gasteiger partial charge in [-0.15, -0.1) is 0 Å². The highest BCUT2D eigenvalue weighted by atomic mass is 19.1. The van der Waals surface area contributed by atoms with Gasteiger partial charge < -0.3 is 5.73 Å². The summed E-state index contributed by atoms with van der Waals surface area (Å²) in [5.41, 5.74) is 7.08. The maximum atomic E-state index is 13.0. The first-order valence-corrected chi connectivity index (χ1v) is 6.97. The number of hydrogen-bond donors (Lipinski definition) is 1. The van der Waals surface area contributed by atoms with Gasteiger partial charge in [-0.25, -0.2) is 4.39 Å². The molecule has 1 fully saturated rings. The summed E-state index contributed by atoms with van der Waals surface area (Å²) < 4.78 is 13.0. The van der Waals surface area contributed by atoms with Gasteiger partial charge in [-0.1, -0.05) is 31.9 Å². The molecule has 0 radical (unpaired) electrons. The van der Waals surface area contributed by atoms with E-state index in [0.29, 0.717) is 12.6 Å². The molecule has 2 N–H and O–H groups in total. The molecule has 0 heterocycles. The largest absolute Gasteiger partial charge is 0.329 e. The third-order valence-corrected chi connectivity index (χ3v) is 4.04. The SMILES string of the molecule is CCN(C1CCCC1)C(CN)c1ccc(F)cc1. The van der Waals surface area contributed by atoms with E-state index in [9.17, 15) is 4.39 Å². The molecule has 0 aromatic heterocycles. The minimum absolute atomic E-state index is 0.182. The van der Waals surface area contributed by atoms with Crippen LogP contribution in [0.3, 0.4) is 0 Å². The Labute approximate surface area is 109 Å². The molecule has 2 nitrogen and oxygen atoms in total. The summed E-state index contributed by atoms with van der Waals surface area (Å²) in [5.74, 6) is -0.182. The van der Waals surface area contributed by atoms with Crippen LogP contribution in [0.25, 0.3) is 0 Å². The highest BCUT2D eigenvalue weighted by Gasteiger charge is 2.27. The zero-order valence-electron chi connectivity index (χ0n) is 11.1. The Morgan fingerprint density at radius 3 is 2.39 bits per heavy atom. The lowest BCUT2D eigenvalue weighted by atomic mass is 10.0. The number of rotatable bonds is 5. The molecule has 1 aliphatic carbocycles. The van der Waals surface area contributed by atoms with E-state index in [1.807, 2.05) is 12.1 Å². The van der Waals surface area contributed by atoms with Crippen molar-refractivity contribution in [3.05, 3.63) is 35.6 Å². The lowest BCUT2D eigenvalue weighted by molar-refractivity contribution is 0.147. The van der Waals surface area contributed by atoms with Gasteiger partial charge in [0.2, 0.25) is 0 Å². The van der Waals surface area contributed by atoms with Crippen molar-refractivity contribution in [1.82, 2.24) is 4.90 Å². The summed E-state index contributed by atoms with van der Waals surface area (Å²) in [4.78, 5) is 2.49. The third-order valence-electron chi connectivity index (χ3n) is 4.04. The summed E-state index contributed by atoms with van der Waals surface area (Å²) >= 11 is 0. The van der Waals surface area contributed by atoms with Gasteiger partial charge in [-0.05, 0) is 37.1 Å². The van der Waals surface area contributed by atoms with E-state index in [4.69, 9.17) is 5.73 Å². The van der Waals surface area contributed by atoms with Crippen molar-refractivity contribution < 1.29 is 4.39 Å². The fraction of sp³-hybridized carbons (Fsp3) is 0.600. The lowest BCUT2D eigenvalue weighted by Gasteiger charge is -2.35. The van der Waals surface area contributed by atoms with Gasteiger partial charge in [0.15, 0.2) is 0 Å². The topological polar surface area (TPSA) is 29.3 Å². The smallest absolute Gasteiger partial charge is 0.123 e. The summed E-state index contributed by atoms with van der Waals surface area (Å²) in [6.07, 6.45) is 5.18. The first-order chi connectivity index (χ1) is 8.76. The predicted octanol–water partition coefficient (Wildman–Crippen LogP) is 3.09. The Bertz CT molecular complexity index is 357. The number of likely N-dealkylation sites (N-methyl/N-ethyl adjacent to an activating group) is 1. The molecule has 2 rings (SSSR count). The third kappa shape index (κ3) is 2.90. The van der Waals surface area contributed by atoms with Crippen molar-refractivity contribution in [2.24, 2.45) is 5.73 Å². The van der Waals surface area contributed by atoms with Crippen molar-refractivity contribution in [3.8, 4) is 0 Å². The Morgan fingerprint density at radius 2 is 1.89 bits per heavy atom. The van der Waals surface area contributed by atoms with Gasteiger partial charge >= 0.3 is 0 Å². The fourth-order valence-corrected chi connectivity index (χ4v) is 3.12. The van der Waals surface area contributed by atoms with E-state index < -0.39 is 0 Å². The van der Waals surface area contributed by atoms with Gasteiger partial charge in [-0.2, -0.15) is 0 Å². The Balaban J connectivity index is 2.17. The van der Waals surface area contributed by atoms with Gasteiger partial charge in [0.05, 0.1) is 0 Å². The molecule has 0 amide bonds. The second-order valence-electron chi connectivity index (χ2n) is 5.07. The van der Waals surface area contributed by atoms with E-state index in [0.717, 1.165) is 12.1 Å². The molecule has 1 saturated carbocycles. The summed E-state index contributed by atoms with van der Waals surface area (Å²) in [6, 6.07) is 7.66. The predicted molar refractivity (Wildman–Crippen MR) is 72.8 cm³/mol. The van der Waals surface area contributed by atoms with Gasteiger partial charge in [-0.3, -0.25) is 4.90 Å². The molecule has 0 saturated heterocycles. The van der Waals surface area contributed by atoms with Crippen LogP contribution in [-0.4, -0.2) is 24.0 Å². The Kier molecular flexibility index (Phi) is 4.72. The molecule has 3 heteroatoms. The van der Waals surface area contributed by atoms with Crippen molar-refractivity contribution in [2.45, 2.75) is 44.7 Å². The number of halogens is 1. The van der Waals surface area contributed by atoms with Crippen molar-refractivity contribution >= 4 is 0 Å². The number of nitrogens with two attached hydrogens (primary N) is 1. The summed E-state index contributed by atoms with van der Waals surface area (Å²) in [7, 11) is 0. The molecule has 1 aliphatic rings. The average Bonchev–Trinajstić information content (AvgIpc) is 2.91. The molecule has 100 valence electrons. The quantitative estimate of drug-likeness (QED) is 0.870. The van der Waals surface area contributed by atoms with Crippen LogP contribution in [0.1, 0.15) is 44.2 Å². The van der Waals surface area contributed by atoms with Crippen LogP contribution < -0.4 is 5.73 Å². The standard InChI is InChI=1S/C15H23FN2/c1-2-18(14-5-3-4-6-14)15(11-17)12-7-9-13(16)10-8-12/h7-10,14-15H,2-6,11,17H2,1H3. The molecule has 0 aliphatic heterocycles. The molecule has 1 unspecified atom stereocenters. The van der Waals surface area contributed by atoms with Crippen molar-refractivity contribution in [3.63, 3.8) is 0 Å². The highest BCUT2D eigenvalue weighted by Crippen LogP contribution is 2.30. The highest BCUT2D eigenvalue weighted by molar-refractivity contribution is 5.20. The Hall–Kier alpha value is -0.930. The zero-order valence-corrected chi connectivity index (χ0v) is 11.1. The lowest BCUT2D eigenvalue weighted by Crippen LogP contribution is -2.40. The van der Waals surface area contributed by atoms with E-state index >= 15 is 0 Å². The monoisotopic (exact) mass is 250 g/mol. The molecule has 18 heavy (non-hydrogen) atoms. The minimum Gasteiger partial charge on any atom is -0.329 e. The number of nitrogens with zero attached hydrogens (tertiary/aromatic N) is 1. The van der Waals surface area contributed by atoms with Crippen LogP contribution in [0, 0.1) is 5.82 Å². The molecule has 0 spiro atoms. The molecule has 1 aromatic rings. The zero-order chi connectivity index (χ0) is 13.0. The van der Waals surface area contributed by atoms with E-state index in [-0.39, 0.29) is 11.9 Å². The molecular weight excluding hydrogens is 227 g/mol. The van der Waals surface area contributed by atoms with Crippen molar-refractivity contribution in [2.75, 3.05) is 13.1 Å². The van der Waals surface area contributed by atoms with E-state index in [2.05, 4.69) is 11.8 Å². The van der Waals surface area contributed by atoms with Gasteiger partial charge in [0, 0.05) is 18.6 Å². The second-order valence-corrected chi connectivity index (χ2v) is 5.07. The normalized spacial score (nSPS) is 18.4.